The molecule has 2 fully saturated rings. The van der Waals surface area contributed by atoms with Crippen LogP contribution in [0.3, 0.4) is 0 Å². The summed E-state index contributed by atoms with van der Waals surface area (Å²) in [6, 6.07) is 0. The van der Waals surface area contributed by atoms with Gasteiger partial charge in [0.05, 0.1) is 6.61 Å². The van der Waals surface area contributed by atoms with E-state index in [9.17, 15) is 0 Å². The molecule has 82 valence electrons. The van der Waals surface area contributed by atoms with Crippen molar-refractivity contribution in [3.05, 3.63) is 0 Å². The van der Waals surface area contributed by atoms with Gasteiger partial charge in [0, 0.05) is 18.7 Å². The van der Waals surface area contributed by atoms with Crippen molar-refractivity contribution in [1.29, 1.82) is 0 Å². The van der Waals surface area contributed by atoms with Crippen molar-refractivity contribution in [3.63, 3.8) is 0 Å². The van der Waals surface area contributed by atoms with E-state index in [-0.39, 0.29) is 0 Å². The molecule has 0 amide bonds. The Morgan fingerprint density at radius 2 is 2.07 bits per heavy atom. The fourth-order valence-electron chi connectivity index (χ4n) is 2.33. The lowest BCUT2D eigenvalue weighted by atomic mass is 9.96. The Morgan fingerprint density at radius 3 is 2.64 bits per heavy atom. The lowest BCUT2D eigenvalue weighted by Crippen LogP contribution is -2.45. The Labute approximate surface area is 87.4 Å². The SMILES string of the molecule is CC(C)(NCC1CCCOC1)C1CC1. The molecule has 0 radical (unpaired) electrons. The fourth-order valence-corrected chi connectivity index (χ4v) is 2.33. The summed E-state index contributed by atoms with van der Waals surface area (Å²) in [5.41, 5.74) is 0.359. The summed E-state index contributed by atoms with van der Waals surface area (Å²) < 4.78 is 5.48. The molecule has 1 aliphatic heterocycles. The molecule has 2 heteroatoms. The van der Waals surface area contributed by atoms with Crippen molar-refractivity contribution in [2.24, 2.45) is 11.8 Å². The molecule has 14 heavy (non-hydrogen) atoms. The Hall–Kier alpha value is -0.0800. The van der Waals surface area contributed by atoms with Crippen LogP contribution < -0.4 is 5.32 Å². The first-order valence-corrected chi connectivity index (χ1v) is 6.01. The van der Waals surface area contributed by atoms with Crippen LogP contribution in [0.5, 0.6) is 0 Å². The van der Waals surface area contributed by atoms with Gasteiger partial charge in [-0.05, 0) is 51.4 Å². The van der Waals surface area contributed by atoms with E-state index >= 15 is 0 Å². The number of hydrogen-bond acceptors (Lipinski definition) is 2. The van der Waals surface area contributed by atoms with E-state index in [0.717, 1.165) is 31.6 Å². The van der Waals surface area contributed by atoms with Crippen LogP contribution >= 0.6 is 0 Å². The van der Waals surface area contributed by atoms with E-state index in [4.69, 9.17) is 4.74 Å². The van der Waals surface area contributed by atoms with Crippen LogP contribution in [-0.2, 0) is 4.74 Å². The van der Waals surface area contributed by atoms with E-state index in [1.807, 2.05) is 0 Å². The van der Waals surface area contributed by atoms with Gasteiger partial charge >= 0.3 is 0 Å². The summed E-state index contributed by atoms with van der Waals surface area (Å²) in [6.45, 7) is 7.77. The predicted octanol–water partition coefficient (Wildman–Crippen LogP) is 2.19. The molecule has 1 unspecified atom stereocenters. The standard InChI is InChI=1S/C12H23NO/c1-12(2,11-5-6-11)13-8-10-4-3-7-14-9-10/h10-11,13H,3-9H2,1-2H3. The van der Waals surface area contributed by atoms with Crippen molar-refractivity contribution in [2.75, 3.05) is 19.8 Å². The number of rotatable bonds is 4. The fraction of sp³-hybridized carbons (Fsp3) is 1.00. The Kier molecular flexibility index (Phi) is 3.13. The molecular formula is C12H23NO. The van der Waals surface area contributed by atoms with Gasteiger partial charge in [0.15, 0.2) is 0 Å². The van der Waals surface area contributed by atoms with Gasteiger partial charge in [-0.3, -0.25) is 0 Å². The lowest BCUT2D eigenvalue weighted by molar-refractivity contribution is 0.0516. The Bertz CT molecular complexity index is 181. The molecule has 2 aliphatic rings. The monoisotopic (exact) mass is 197 g/mol. The first-order chi connectivity index (χ1) is 6.68. The largest absolute Gasteiger partial charge is 0.381 e. The van der Waals surface area contributed by atoms with E-state index in [0.29, 0.717) is 5.54 Å². The average Bonchev–Trinajstić information content (AvgIpc) is 3.00. The molecule has 1 atom stereocenters. The van der Waals surface area contributed by atoms with Gasteiger partial charge in [-0.1, -0.05) is 0 Å². The van der Waals surface area contributed by atoms with Crippen molar-refractivity contribution < 1.29 is 4.74 Å². The maximum atomic E-state index is 5.48. The van der Waals surface area contributed by atoms with Crippen LogP contribution in [0, 0.1) is 11.8 Å². The molecule has 0 aromatic heterocycles. The minimum Gasteiger partial charge on any atom is -0.381 e. The van der Waals surface area contributed by atoms with Crippen LogP contribution in [-0.4, -0.2) is 25.3 Å². The highest BCUT2D eigenvalue weighted by molar-refractivity contribution is 4.94. The maximum Gasteiger partial charge on any atom is 0.0506 e. The topological polar surface area (TPSA) is 21.3 Å². The molecule has 1 heterocycles. The second-order valence-electron chi connectivity index (χ2n) is 5.46. The Morgan fingerprint density at radius 1 is 1.29 bits per heavy atom. The number of hydrogen-bond donors (Lipinski definition) is 1. The number of ether oxygens (including phenoxy) is 1. The normalized spacial score (nSPS) is 29.1. The molecule has 0 spiro atoms. The van der Waals surface area contributed by atoms with E-state index in [1.54, 1.807) is 0 Å². The van der Waals surface area contributed by atoms with Crippen molar-refractivity contribution in [1.82, 2.24) is 5.32 Å². The third-order valence-electron chi connectivity index (χ3n) is 3.70. The van der Waals surface area contributed by atoms with Gasteiger partial charge in [-0.2, -0.15) is 0 Å². The lowest BCUT2D eigenvalue weighted by Gasteiger charge is -2.30. The summed E-state index contributed by atoms with van der Waals surface area (Å²) in [5, 5.41) is 3.71. The van der Waals surface area contributed by atoms with E-state index in [1.165, 1.54) is 25.7 Å². The zero-order valence-electron chi connectivity index (χ0n) is 9.51. The molecule has 1 aliphatic carbocycles. The summed E-state index contributed by atoms with van der Waals surface area (Å²) in [6.07, 6.45) is 5.42. The highest BCUT2D eigenvalue weighted by atomic mass is 16.5. The van der Waals surface area contributed by atoms with Crippen LogP contribution in [0.15, 0.2) is 0 Å². The molecule has 1 saturated carbocycles. The third-order valence-corrected chi connectivity index (χ3v) is 3.70. The molecule has 2 rings (SSSR count). The van der Waals surface area contributed by atoms with Crippen molar-refractivity contribution in [3.8, 4) is 0 Å². The second-order valence-corrected chi connectivity index (χ2v) is 5.46. The van der Waals surface area contributed by atoms with Crippen molar-refractivity contribution >= 4 is 0 Å². The van der Waals surface area contributed by atoms with Gasteiger partial charge in [0.25, 0.3) is 0 Å². The van der Waals surface area contributed by atoms with E-state index in [2.05, 4.69) is 19.2 Å². The zero-order chi connectivity index (χ0) is 10.0. The van der Waals surface area contributed by atoms with Gasteiger partial charge in [0.2, 0.25) is 0 Å². The predicted molar refractivity (Wildman–Crippen MR) is 58.3 cm³/mol. The smallest absolute Gasteiger partial charge is 0.0506 e. The summed E-state index contributed by atoms with van der Waals surface area (Å²) in [4.78, 5) is 0. The van der Waals surface area contributed by atoms with Crippen LogP contribution in [0.25, 0.3) is 0 Å². The molecule has 0 aromatic carbocycles. The quantitative estimate of drug-likeness (QED) is 0.746. The average molecular weight is 197 g/mol. The van der Waals surface area contributed by atoms with Gasteiger partial charge in [-0.25, -0.2) is 0 Å². The van der Waals surface area contributed by atoms with E-state index < -0.39 is 0 Å². The van der Waals surface area contributed by atoms with Gasteiger partial charge < -0.3 is 10.1 Å². The van der Waals surface area contributed by atoms with Crippen LogP contribution in [0.4, 0.5) is 0 Å². The summed E-state index contributed by atoms with van der Waals surface area (Å²) >= 11 is 0. The number of nitrogens with one attached hydrogen (secondary N) is 1. The highest BCUT2D eigenvalue weighted by Crippen LogP contribution is 2.39. The van der Waals surface area contributed by atoms with Gasteiger partial charge in [0.1, 0.15) is 0 Å². The third kappa shape index (κ3) is 2.71. The maximum absolute atomic E-state index is 5.48. The molecule has 1 N–H and O–H groups in total. The summed E-state index contributed by atoms with van der Waals surface area (Å²) in [5.74, 6) is 1.67. The first-order valence-electron chi connectivity index (χ1n) is 6.01. The second kappa shape index (κ2) is 4.19. The molecular weight excluding hydrogens is 174 g/mol. The summed E-state index contributed by atoms with van der Waals surface area (Å²) in [7, 11) is 0. The zero-order valence-corrected chi connectivity index (χ0v) is 9.51. The highest BCUT2D eigenvalue weighted by Gasteiger charge is 2.37. The van der Waals surface area contributed by atoms with Crippen molar-refractivity contribution in [2.45, 2.75) is 45.1 Å². The minimum absolute atomic E-state index is 0.359. The molecule has 1 saturated heterocycles. The van der Waals surface area contributed by atoms with Crippen LogP contribution in [0.1, 0.15) is 39.5 Å². The molecule has 2 nitrogen and oxygen atoms in total. The first kappa shape index (κ1) is 10.4. The van der Waals surface area contributed by atoms with Gasteiger partial charge in [-0.15, -0.1) is 0 Å². The minimum atomic E-state index is 0.359. The van der Waals surface area contributed by atoms with Crippen LogP contribution in [0.2, 0.25) is 0 Å². The molecule has 0 bridgehead atoms. The molecule has 0 aromatic rings. The Balaban J connectivity index is 1.69.